The van der Waals surface area contributed by atoms with Crippen molar-refractivity contribution in [3.63, 3.8) is 0 Å². The van der Waals surface area contributed by atoms with Crippen molar-refractivity contribution in [2.75, 3.05) is 11.6 Å². The summed E-state index contributed by atoms with van der Waals surface area (Å²) < 4.78 is 36.7. The lowest BCUT2D eigenvalue weighted by Crippen LogP contribution is -2.04. The van der Waals surface area contributed by atoms with Gasteiger partial charge < -0.3 is 5.32 Å². The molecule has 2 aromatic carbocycles. The predicted octanol–water partition coefficient (Wildman–Crippen LogP) is 4.15. The van der Waals surface area contributed by atoms with E-state index in [1.54, 1.807) is 12.1 Å². The Labute approximate surface area is 132 Å². The van der Waals surface area contributed by atoms with Gasteiger partial charge in [0.1, 0.15) is 5.82 Å². The fraction of sp³-hybridized carbons (Fsp3) is 0.143. The number of rotatable bonds is 4. The predicted molar refractivity (Wildman–Crippen MR) is 83.3 cm³/mol. The zero-order valence-corrected chi connectivity index (χ0v) is 13.4. The monoisotopic (exact) mass is 347 g/mol. The van der Waals surface area contributed by atoms with Crippen LogP contribution in [0.4, 0.5) is 10.1 Å². The van der Waals surface area contributed by atoms with Crippen molar-refractivity contribution in [3.8, 4) is 0 Å². The summed E-state index contributed by atoms with van der Waals surface area (Å²) >= 11 is 11.7. The van der Waals surface area contributed by atoms with Crippen LogP contribution in [0.1, 0.15) is 5.56 Å². The van der Waals surface area contributed by atoms with Crippen molar-refractivity contribution in [1.29, 1.82) is 0 Å². The van der Waals surface area contributed by atoms with Gasteiger partial charge in [-0.15, -0.1) is 0 Å². The Morgan fingerprint density at radius 1 is 1.14 bits per heavy atom. The highest BCUT2D eigenvalue weighted by Crippen LogP contribution is 2.26. The van der Waals surface area contributed by atoms with Gasteiger partial charge in [-0.05, 0) is 30.3 Å². The van der Waals surface area contributed by atoms with E-state index in [9.17, 15) is 12.8 Å². The van der Waals surface area contributed by atoms with E-state index in [4.69, 9.17) is 23.2 Å². The van der Waals surface area contributed by atoms with Crippen LogP contribution in [0.15, 0.2) is 41.3 Å². The van der Waals surface area contributed by atoms with Crippen LogP contribution in [0.3, 0.4) is 0 Å². The van der Waals surface area contributed by atoms with Crippen LogP contribution >= 0.6 is 23.2 Å². The molecular formula is C14H12Cl2FNO2S. The van der Waals surface area contributed by atoms with Gasteiger partial charge in [0.05, 0.1) is 15.6 Å². The van der Waals surface area contributed by atoms with Crippen LogP contribution in [-0.2, 0) is 16.4 Å². The van der Waals surface area contributed by atoms with Crippen molar-refractivity contribution < 1.29 is 12.8 Å². The minimum absolute atomic E-state index is 0.144. The zero-order chi connectivity index (χ0) is 15.6. The number of halogens is 3. The van der Waals surface area contributed by atoms with Crippen LogP contribution < -0.4 is 5.32 Å². The second-order valence-corrected chi connectivity index (χ2v) is 7.36. The summed E-state index contributed by atoms with van der Waals surface area (Å²) in [5, 5.41) is 3.59. The molecule has 2 rings (SSSR count). The molecule has 7 heteroatoms. The molecule has 0 aromatic heterocycles. The summed E-state index contributed by atoms with van der Waals surface area (Å²) in [6.07, 6.45) is 1.11. The molecule has 112 valence electrons. The van der Waals surface area contributed by atoms with Gasteiger partial charge in [0.15, 0.2) is 9.84 Å². The second-order valence-electron chi connectivity index (χ2n) is 4.50. The van der Waals surface area contributed by atoms with E-state index in [0.717, 1.165) is 6.26 Å². The van der Waals surface area contributed by atoms with Gasteiger partial charge in [-0.1, -0.05) is 29.3 Å². The van der Waals surface area contributed by atoms with Gasteiger partial charge in [0.2, 0.25) is 0 Å². The number of anilines is 1. The molecule has 0 bridgehead atoms. The molecule has 0 amide bonds. The van der Waals surface area contributed by atoms with E-state index in [2.05, 4.69) is 5.32 Å². The number of sulfone groups is 1. The van der Waals surface area contributed by atoms with Crippen molar-refractivity contribution in [1.82, 2.24) is 0 Å². The third-order valence-corrected chi connectivity index (χ3v) is 4.53. The molecule has 0 fully saturated rings. The quantitative estimate of drug-likeness (QED) is 0.903. The molecule has 0 aliphatic rings. The minimum Gasteiger partial charge on any atom is -0.380 e. The number of hydrogen-bond donors (Lipinski definition) is 1. The molecule has 0 aliphatic carbocycles. The lowest BCUT2D eigenvalue weighted by atomic mass is 10.2. The third-order valence-electron chi connectivity index (χ3n) is 2.85. The first-order chi connectivity index (χ1) is 9.77. The van der Waals surface area contributed by atoms with E-state index in [-0.39, 0.29) is 11.4 Å². The molecule has 1 N–H and O–H groups in total. The van der Waals surface area contributed by atoms with Crippen LogP contribution in [0.2, 0.25) is 10.0 Å². The first-order valence-corrected chi connectivity index (χ1v) is 8.59. The standard InChI is InChI=1S/C14H12Cl2FNO2S/c1-21(19,20)11-4-5-12(16)14(7-11)18-8-9-2-3-10(15)6-13(9)17/h2-7,18H,8H2,1H3. The number of benzene rings is 2. The Bertz CT molecular complexity index is 779. The Kier molecular flexibility index (Phi) is 4.76. The molecule has 0 unspecified atom stereocenters. The van der Waals surface area contributed by atoms with E-state index >= 15 is 0 Å². The van der Waals surface area contributed by atoms with Crippen molar-refractivity contribution in [2.45, 2.75) is 11.4 Å². The van der Waals surface area contributed by atoms with E-state index < -0.39 is 15.7 Å². The third kappa shape index (κ3) is 4.09. The molecule has 0 radical (unpaired) electrons. The van der Waals surface area contributed by atoms with Crippen LogP contribution in [0.25, 0.3) is 0 Å². The Morgan fingerprint density at radius 2 is 1.86 bits per heavy atom. The molecule has 0 heterocycles. The second kappa shape index (κ2) is 6.22. The number of hydrogen-bond acceptors (Lipinski definition) is 3. The first-order valence-electron chi connectivity index (χ1n) is 5.95. The van der Waals surface area contributed by atoms with Gasteiger partial charge >= 0.3 is 0 Å². The average molecular weight is 348 g/mol. The lowest BCUT2D eigenvalue weighted by molar-refractivity contribution is 0.601. The Hall–Kier alpha value is -1.30. The molecule has 3 nitrogen and oxygen atoms in total. The van der Waals surface area contributed by atoms with Crippen molar-refractivity contribution >= 4 is 38.7 Å². The van der Waals surface area contributed by atoms with Crippen molar-refractivity contribution in [3.05, 3.63) is 57.8 Å². The fourth-order valence-corrected chi connectivity index (χ4v) is 2.72. The van der Waals surface area contributed by atoms with Crippen LogP contribution in [-0.4, -0.2) is 14.7 Å². The summed E-state index contributed by atoms with van der Waals surface area (Å²) in [5.74, 6) is -0.439. The molecule has 0 saturated carbocycles. The summed E-state index contributed by atoms with van der Waals surface area (Å²) in [6.45, 7) is 0.163. The van der Waals surface area contributed by atoms with Gasteiger partial charge in [-0.2, -0.15) is 0 Å². The lowest BCUT2D eigenvalue weighted by Gasteiger charge is -2.11. The summed E-state index contributed by atoms with van der Waals surface area (Å²) in [6, 6.07) is 8.68. The summed E-state index contributed by atoms with van der Waals surface area (Å²) in [7, 11) is -3.33. The minimum atomic E-state index is -3.33. The van der Waals surface area contributed by atoms with Crippen LogP contribution in [0.5, 0.6) is 0 Å². The Balaban J connectivity index is 2.23. The summed E-state index contributed by atoms with van der Waals surface area (Å²) in [4.78, 5) is 0.144. The first kappa shape index (κ1) is 16.1. The molecule has 2 aromatic rings. The van der Waals surface area contributed by atoms with Crippen LogP contribution in [0, 0.1) is 5.82 Å². The van der Waals surface area contributed by atoms with Gasteiger partial charge in [-0.3, -0.25) is 0 Å². The van der Waals surface area contributed by atoms with Crippen molar-refractivity contribution in [2.24, 2.45) is 0 Å². The highest BCUT2D eigenvalue weighted by Gasteiger charge is 2.11. The van der Waals surface area contributed by atoms with E-state index in [1.165, 1.54) is 24.3 Å². The molecule has 21 heavy (non-hydrogen) atoms. The molecule has 0 atom stereocenters. The van der Waals surface area contributed by atoms with E-state index in [0.29, 0.717) is 21.3 Å². The maximum atomic E-state index is 13.7. The van der Waals surface area contributed by atoms with Gasteiger partial charge in [0, 0.05) is 23.4 Å². The normalized spacial score (nSPS) is 11.4. The van der Waals surface area contributed by atoms with Gasteiger partial charge in [0.25, 0.3) is 0 Å². The largest absolute Gasteiger partial charge is 0.380 e. The fourth-order valence-electron chi connectivity index (χ4n) is 1.73. The molecule has 0 aliphatic heterocycles. The SMILES string of the molecule is CS(=O)(=O)c1ccc(Cl)c(NCc2ccc(Cl)cc2F)c1. The smallest absolute Gasteiger partial charge is 0.175 e. The zero-order valence-electron chi connectivity index (χ0n) is 11.0. The topological polar surface area (TPSA) is 46.2 Å². The highest BCUT2D eigenvalue weighted by atomic mass is 35.5. The highest BCUT2D eigenvalue weighted by molar-refractivity contribution is 7.90. The molecule has 0 saturated heterocycles. The molecule has 0 spiro atoms. The summed E-state index contributed by atoms with van der Waals surface area (Å²) in [5.41, 5.74) is 0.828. The van der Waals surface area contributed by atoms with Gasteiger partial charge in [-0.25, -0.2) is 12.8 Å². The average Bonchev–Trinajstić information content (AvgIpc) is 2.38. The Morgan fingerprint density at radius 3 is 2.48 bits per heavy atom. The maximum absolute atomic E-state index is 13.7. The number of nitrogens with one attached hydrogen (secondary N) is 1. The maximum Gasteiger partial charge on any atom is 0.175 e. The van der Waals surface area contributed by atoms with E-state index in [1.807, 2.05) is 0 Å². The molecular weight excluding hydrogens is 336 g/mol.